The summed E-state index contributed by atoms with van der Waals surface area (Å²) in [7, 11) is 1.42. The molecule has 0 saturated heterocycles. The van der Waals surface area contributed by atoms with Gasteiger partial charge in [0.05, 0.1) is 25.3 Å². The van der Waals surface area contributed by atoms with Crippen molar-refractivity contribution in [3.05, 3.63) is 22.8 Å². The van der Waals surface area contributed by atoms with Crippen molar-refractivity contribution in [3.8, 4) is 22.8 Å². The van der Waals surface area contributed by atoms with Crippen LogP contribution in [-0.4, -0.2) is 54.3 Å². The van der Waals surface area contributed by atoms with E-state index in [-0.39, 0.29) is 47.7 Å². The Balaban J connectivity index is 2.33. The minimum Gasteiger partial charge on any atom is -0.493 e. The molecule has 0 saturated carbocycles. The summed E-state index contributed by atoms with van der Waals surface area (Å²) in [6.07, 6.45) is 0. The maximum Gasteiger partial charge on any atom is 0.361 e. The Labute approximate surface area is 154 Å². The number of rotatable bonds is 8. The number of H-pyrrole nitrogens is 1. The van der Waals surface area contributed by atoms with E-state index in [9.17, 15) is 9.59 Å². The van der Waals surface area contributed by atoms with Gasteiger partial charge in [-0.15, -0.1) is 5.10 Å². The van der Waals surface area contributed by atoms with Gasteiger partial charge in [-0.3, -0.25) is 0 Å². The smallest absolute Gasteiger partial charge is 0.361 e. The fourth-order valence-electron chi connectivity index (χ4n) is 2.10. The van der Waals surface area contributed by atoms with Crippen molar-refractivity contribution in [2.24, 2.45) is 0 Å². The van der Waals surface area contributed by atoms with Crippen LogP contribution in [0.15, 0.2) is 12.1 Å². The standard InChI is InChI=1S/C16H18ClN3O6/c1-4-24-12(21)8-26-15-10(17)6-9(7-11(15)23-3)13-14(19-20-18-13)16(22)25-5-2/h6-7H,4-5,8H2,1-3H3,(H,18,19,20). The van der Waals surface area contributed by atoms with Gasteiger partial charge in [-0.25, -0.2) is 9.59 Å². The summed E-state index contributed by atoms with van der Waals surface area (Å²) in [4.78, 5) is 23.4. The number of halogens is 1. The van der Waals surface area contributed by atoms with E-state index in [0.717, 1.165) is 0 Å². The molecule has 0 aliphatic rings. The fraction of sp³-hybridized carbons (Fsp3) is 0.375. The molecule has 0 unspecified atom stereocenters. The molecule has 0 fully saturated rings. The highest BCUT2D eigenvalue weighted by Crippen LogP contribution is 2.39. The number of nitrogens with one attached hydrogen (secondary N) is 1. The monoisotopic (exact) mass is 383 g/mol. The molecule has 9 nitrogen and oxygen atoms in total. The number of carbonyl (C=O) groups excluding carboxylic acids is 2. The second kappa shape index (κ2) is 9.04. The van der Waals surface area contributed by atoms with Crippen molar-refractivity contribution in [2.45, 2.75) is 13.8 Å². The summed E-state index contributed by atoms with van der Waals surface area (Å²) in [5.41, 5.74) is 0.734. The summed E-state index contributed by atoms with van der Waals surface area (Å²) < 4.78 is 20.4. The van der Waals surface area contributed by atoms with Crippen LogP contribution in [0.1, 0.15) is 24.3 Å². The first-order chi connectivity index (χ1) is 12.5. The highest BCUT2D eigenvalue weighted by atomic mass is 35.5. The lowest BCUT2D eigenvalue weighted by molar-refractivity contribution is -0.145. The van der Waals surface area contributed by atoms with Crippen LogP contribution in [0.3, 0.4) is 0 Å². The Morgan fingerprint density at radius 1 is 1.15 bits per heavy atom. The van der Waals surface area contributed by atoms with E-state index in [0.29, 0.717) is 5.56 Å². The molecule has 10 heteroatoms. The molecule has 26 heavy (non-hydrogen) atoms. The van der Waals surface area contributed by atoms with Gasteiger partial charge in [0, 0.05) is 5.56 Å². The molecule has 1 aromatic carbocycles. The number of ether oxygens (including phenoxy) is 4. The zero-order valence-electron chi connectivity index (χ0n) is 14.5. The summed E-state index contributed by atoms with van der Waals surface area (Å²) >= 11 is 6.25. The third-order valence-electron chi connectivity index (χ3n) is 3.16. The zero-order chi connectivity index (χ0) is 19.1. The molecule has 2 rings (SSSR count). The molecule has 2 aromatic rings. The average molecular weight is 384 g/mol. The van der Waals surface area contributed by atoms with E-state index in [1.54, 1.807) is 19.9 Å². The van der Waals surface area contributed by atoms with Crippen LogP contribution in [0.4, 0.5) is 0 Å². The minimum absolute atomic E-state index is 0.0187. The quantitative estimate of drug-likeness (QED) is 0.690. The van der Waals surface area contributed by atoms with Crippen LogP contribution in [0.25, 0.3) is 11.3 Å². The molecule has 1 N–H and O–H groups in total. The van der Waals surface area contributed by atoms with Crippen molar-refractivity contribution in [1.29, 1.82) is 0 Å². The number of methoxy groups -OCH3 is 1. The van der Waals surface area contributed by atoms with Crippen molar-refractivity contribution in [3.63, 3.8) is 0 Å². The number of benzene rings is 1. The second-order valence-corrected chi connectivity index (χ2v) is 5.23. The number of carbonyl (C=O) groups is 2. The number of hydrogen-bond donors (Lipinski definition) is 1. The van der Waals surface area contributed by atoms with E-state index in [4.69, 9.17) is 30.5 Å². The minimum atomic E-state index is -0.617. The molecule has 1 heterocycles. The average Bonchev–Trinajstić information content (AvgIpc) is 3.10. The van der Waals surface area contributed by atoms with Gasteiger partial charge in [0.25, 0.3) is 0 Å². The van der Waals surface area contributed by atoms with E-state index in [1.807, 2.05) is 0 Å². The van der Waals surface area contributed by atoms with Crippen molar-refractivity contribution < 1.29 is 28.5 Å². The Hall–Kier alpha value is -2.81. The molecular weight excluding hydrogens is 366 g/mol. The SMILES string of the molecule is CCOC(=O)COc1c(Cl)cc(-c2n[nH]nc2C(=O)OCC)cc1OC. The van der Waals surface area contributed by atoms with Crippen molar-refractivity contribution in [1.82, 2.24) is 15.4 Å². The van der Waals surface area contributed by atoms with Crippen LogP contribution in [0, 0.1) is 0 Å². The lowest BCUT2D eigenvalue weighted by Gasteiger charge is -2.13. The predicted octanol–water partition coefficient (Wildman–Crippen LogP) is 2.25. The Kier molecular flexibility index (Phi) is 6.79. The highest BCUT2D eigenvalue weighted by Gasteiger charge is 2.22. The molecule has 0 spiro atoms. The maximum absolute atomic E-state index is 12.0. The lowest BCUT2D eigenvalue weighted by Crippen LogP contribution is -2.15. The number of hydrogen-bond acceptors (Lipinski definition) is 8. The number of aromatic nitrogens is 3. The molecular formula is C16H18ClN3O6. The van der Waals surface area contributed by atoms with Gasteiger partial charge in [0.2, 0.25) is 0 Å². The number of esters is 2. The summed E-state index contributed by atoms with van der Waals surface area (Å²) in [6.45, 7) is 3.51. The van der Waals surface area contributed by atoms with E-state index < -0.39 is 11.9 Å². The van der Waals surface area contributed by atoms with Gasteiger partial charge in [-0.05, 0) is 26.0 Å². The first kappa shape index (κ1) is 19.5. The van der Waals surface area contributed by atoms with Crippen LogP contribution in [0.5, 0.6) is 11.5 Å². The Morgan fingerprint density at radius 2 is 1.88 bits per heavy atom. The molecule has 0 radical (unpaired) electrons. The van der Waals surface area contributed by atoms with Crippen LogP contribution in [0.2, 0.25) is 5.02 Å². The molecule has 1 aromatic heterocycles. The van der Waals surface area contributed by atoms with E-state index >= 15 is 0 Å². The van der Waals surface area contributed by atoms with Crippen molar-refractivity contribution in [2.75, 3.05) is 26.9 Å². The van der Waals surface area contributed by atoms with Crippen LogP contribution >= 0.6 is 11.6 Å². The number of nitrogens with zero attached hydrogens (tertiary/aromatic N) is 2. The molecule has 0 bridgehead atoms. The maximum atomic E-state index is 12.0. The highest BCUT2D eigenvalue weighted by molar-refractivity contribution is 6.32. The fourth-order valence-corrected chi connectivity index (χ4v) is 2.37. The Morgan fingerprint density at radius 3 is 2.54 bits per heavy atom. The van der Waals surface area contributed by atoms with Crippen molar-refractivity contribution >= 4 is 23.5 Å². The zero-order valence-corrected chi connectivity index (χ0v) is 15.3. The topological polar surface area (TPSA) is 113 Å². The third-order valence-corrected chi connectivity index (χ3v) is 3.44. The Bertz CT molecular complexity index is 792. The lowest BCUT2D eigenvalue weighted by atomic mass is 10.1. The van der Waals surface area contributed by atoms with E-state index in [2.05, 4.69) is 15.4 Å². The van der Waals surface area contributed by atoms with Gasteiger partial charge >= 0.3 is 11.9 Å². The largest absolute Gasteiger partial charge is 0.493 e. The van der Waals surface area contributed by atoms with E-state index in [1.165, 1.54) is 13.2 Å². The number of aromatic amines is 1. The molecule has 0 aliphatic heterocycles. The van der Waals surface area contributed by atoms with Gasteiger partial charge in [0.1, 0.15) is 5.69 Å². The normalized spacial score (nSPS) is 10.3. The molecule has 0 atom stereocenters. The van der Waals surface area contributed by atoms with Crippen LogP contribution in [-0.2, 0) is 14.3 Å². The second-order valence-electron chi connectivity index (χ2n) is 4.82. The summed E-state index contributed by atoms with van der Waals surface area (Å²) in [5, 5.41) is 10.3. The van der Waals surface area contributed by atoms with Gasteiger partial charge < -0.3 is 18.9 Å². The summed E-state index contributed by atoms with van der Waals surface area (Å²) in [6, 6.07) is 3.08. The van der Waals surface area contributed by atoms with Gasteiger partial charge in [0.15, 0.2) is 23.8 Å². The summed E-state index contributed by atoms with van der Waals surface area (Å²) in [5.74, 6) is -0.716. The van der Waals surface area contributed by atoms with Gasteiger partial charge in [-0.1, -0.05) is 11.6 Å². The van der Waals surface area contributed by atoms with Gasteiger partial charge in [-0.2, -0.15) is 10.3 Å². The van der Waals surface area contributed by atoms with Crippen LogP contribution < -0.4 is 9.47 Å². The first-order valence-corrected chi connectivity index (χ1v) is 8.13. The molecule has 0 amide bonds. The molecule has 0 aliphatic carbocycles. The first-order valence-electron chi connectivity index (χ1n) is 7.75. The third kappa shape index (κ3) is 4.42. The molecule has 140 valence electrons. The predicted molar refractivity (Wildman–Crippen MR) is 91.5 cm³/mol.